The van der Waals surface area contributed by atoms with E-state index in [4.69, 9.17) is 9.47 Å². The second-order valence-electron chi connectivity index (χ2n) is 12.4. The van der Waals surface area contributed by atoms with E-state index in [1.807, 2.05) is 48.6 Å². The van der Waals surface area contributed by atoms with Gasteiger partial charge in [-0.2, -0.15) is 0 Å². The van der Waals surface area contributed by atoms with Gasteiger partial charge in [0, 0.05) is 12.3 Å². The molecule has 0 bridgehead atoms. The third kappa shape index (κ3) is 7.92. The van der Waals surface area contributed by atoms with Gasteiger partial charge in [0.25, 0.3) is 0 Å². The summed E-state index contributed by atoms with van der Waals surface area (Å²) in [5.41, 5.74) is 3.83. The van der Waals surface area contributed by atoms with E-state index in [1.165, 1.54) is 0 Å². The maximum Gasteiger partial charge on any atom is 0.407 e. The molecule has 1 aliphatic heterocycles. The van der Waals surface area contributed by atoms with Crippen molar-refractivity contribution in [2.24, 2.45) is 5.92 Å². The lowest BCUT2D eigenvalue weighted by Gasteiger charge is -2.28. The normalized spacial score (nSPS) is 23.3. The Morgan fingerprint density at radius 3 is 2.36 bits per heavy atom. The first-order valence-corrected chi connectivity index (χ1v) is 15.9. The van der Waals surface area contributed by atoms with Crippen molar-refractivity contribution in [1.29, 1.82) is 0 Å². The predicted octanol–water partition coefficient (Wildman–Crippen LogP) is 4.11. The molecule has 2 aromatic rings. The van der Waals surface area contributed by atoms with Gasteiger partial charge < -0.3 is 30.5 Å². The van der Waals surface area contributed by atoms with Crippen LogP contribution in [-0.2, 0) is 23.9 Å². The van der Waals surface area contributed by atoms with Crippen molar-refractivity contribution in [3.8, 4) is 11.1 Å². The van der Waals surface area contributed by atoms with Crippen LogP contribution in [0, 0.1) is 5.92 Å². The maximum absolute atomic E-state index is 13.1. The van der Waals surface area contributed by atoms with E-state index < -0.39 is 35.7 Å². The number of rotatable bonds is 7. The number of amides is 3. The van der Waals surface area contributed by atoms with Crippen molar-refractivity contribution in [3.05, 3.63) is 71.8 Å². The van der Waals surface area contributed by atoms with Gasteiger partial charge in [-0.05, 0) is 61.3 Å². The number of ether oxygens (including phenoxy) is 2. The number of aliphatic hydroxyl groups excluding tert-OH is 1. The average Bonchev–Trinajstić information content (AvgIpc) is 3.63. The zero-order valence-electron chi connectivity index (χ0n) is 25.8. The lowest BCUT2D eigenvalue weighted by molar-refractivity contribution is -0.151. The second kappa shape index (κ2) is 14.7. The number of hydrogen-bond donors (Lipinski definition) is 4. The number of cyclic esters (lactones) is 1. The number of carbonyl (C=O) groups is 4. The molecule has 3 atom stereocenters. The zero-order valence-corrected chi connectivity index (χ0v) is 25.8. The van der Waals surface area contributed by atoms with E-state index in [-0.39, 0.29) is 50.3 Å². The number of benzene rings is 2. The Labute approximate surface area is 263 Å². The van der Waals surface area contributed by atoms with Gasteiger partial charge >= 0.3 is 12.1 Å². The first kappa shape index (κ1) is 32.2. The first-order chi connectivity index (χ1) is 21.8. The number of aliphatic hydroxyl groups is 1. The van der Waals surface area contributed by atoms with Gasteiger partial charge in [0.2, 0.25) is 11.8 Å². The molecule has 2 aromatic carbocycles. The highest BCUT2D eigenvalue weighted by Gasteiger charge is 2.36. The highest BCUT2D eigenvalue weighted by Crippen LogP contribution is 2.44. The van der Waals surface area contributed by atoms with Crippen LogP contribution in [-0.4, -0.2) is 66.4 Å². The Kier molecular flexibility index (Phi) is 10.5. The fourth-order valence-electron chi connectivity index (χ4n) is 6.61. The van der Waals surface area contributed by atoms with E-state index in [2.05, 4.69) is 28.1 Å². The lowest BCUT2D eigenvalue weighted by atomic mass is 9.95. The molecule has 0 unspecified atom stereocenters. The third-order valence-corrected chi connectivity index (χ3v) is 9.08. The van der Waals surface area contributed by atoms with Crippen molar-refractivity contribution in [2.45, 2.75) is 81.9 Å². The summed E-state index contributed by atoms with van der Waals surface area (Å²) >= 11 is 0. The Morgan fingerprint density at radius 2 is 1.69 bits per heavy atom. The Morgan fingerprint density at radius 1 is 1.02 bits per heavy atom. The van der Waals surface area contributed by atoms with Gasteiger partial charge in [0.15, 0.2) is 0 Å². The van der Waals surface area contributed by atoms with Crippen molar-refractivity contribution in [2.75, 3.05) is 19.8 Å². The fourth-order valence-corrected chi connectivity index (χ4v) is 6.61. The summed E-state index contributed by atoms with van der Waals surface area (Å²) < 4.78 is 11.2. The average molecular weight is 618 g/mol. The third-order valence-electron chi connectivity index (χ3n) is 9.08. The molecular formula is C35H43N3O7. The summed E-state index contributed by atoms with van der Waals surface area (Å²) in [5.74, 6) is -1.91. The Bertz CT molecular complexity index is 1370. The van der Waals surface area contributed by atoms with Crippen LogP contribution >= 0.6 is 0 Å². The van der Waals surface area contributed by atoms with Crippen LogP contribution < -0.4 is 16.0 Å². The van der Waals surface area contributed by atoms with Crippen molar-refractivity contribution >= 4 is 23.9 Å². The highest BCUT2D eigenvalue weighted by atomic mass is 16.6. The predicted molar refractivity (Wildman–Crippen MR) is 168 cm³/mol. The lowest BCUT2D eigenvalue weighted by Crippen LogP contribution is -2.50. The van der Waals surface area contributed by atoms with Crippen molar-refractivity contribution in [3.63, 3.8) is 0 Å². The SMILES string of the molecule is C[C@H]1CNC(=O)[C@@H](CC(=O)NC2(CO)CCCC2)CC=CCC[C@H](NC(=O)OCC2c3ccccc3-c3ccccc32)C(=O)O1. The van der Waals surface area contributed by atoms with E-state index in [1.54, 1.807) is 6.92 Å². The smallest absolute Gasteiger partial charge is 0.407 e. The number of alkyl carbamates (subject to hydrolysis) is 1. The summed E-state index contributed by atoms with van der Waals surface area (Å²) in [6, 6.07) is 15.2. The summed E-state index contributed by atoms with van der Waals surface area (Å²) in [5, 5.41) is 18.3. The van der Waals surface area contributed by atoms with Crippen molar-refractivity contribution in [1.82, 2.24) is 16.0 Å². The number of esters is 1. The number of carbonyl (C=O) groups excluding carboxylic acids is 4. The summed E-state index contributed by atoms with van der Waals surface area (Å²) in [7, 11) is 0. The van der Waals surface area contributed by atoms with E-state index in [0.717, 1.165) is 47.9 Å². The molecule has 0 saturated heterocycles. The van der Waals surface area contributed by atoms with Gasteiger partial charge in [-0.3, -0.25) is 9.59 Å². The Hall–Kier alpha value is -4.18. The van der Waals surface area contributed by atoms with Gasteiger partial charge in [-0.15, -0.1) is 0 Å². The summed E-state index contributed by atoms with van der Waals surface area (Å²) in [4.78, 5) is 51.9. The molecule has 2 aliphatic carbocycles. The van der Waals surface area contributed by atoms with Gasteiger partial charge in [-0.25, -0.2) is 9.59 Å². The molecule has 1 heterocycles. The maximum atomic E-state index is 13.1. The highest BCUT2D eigenvalue weighted by molar-refractivity contribution is 5.86. The van der Waals surface area contributed by atoms with Gasteiger partial charge in [0.05, 0.1) is 24.6 Å². The summed E-state index contributed by atoms with van der Waals surface area (Å²) in [6.45, 7) is 1.72. The van der Waals surface area contributed by atoms with Crippen molar-refractivity contribution < 1.29 is 33.8 Å². The molecule has 3 aliphatic rings. The molecule has 0 aromatic heterocycles. The molecule has 1 saturated carbocycles. The van der Waals surface area contributed by atoms with Crippen LogP contribution in [0.25, 0.3) is 11.1 Å². The first-order valence-electron chi connectivity index (χ1n) is 15.9. The second-order valence-corrected chi connectivity index (χ2v) is 12.4. The minimum atomic E-state index is -0.938. The molecule has 10 nitrogen and oxygen atoms in total. The number of allylic oxidation sites excluding steroid dienone is 2. The molecule has 10 heteroatoms. The fraction of sp³-hybridized carbons (Fsp3) is 0.486. The molecule has 5 rings (SSSR count). The van der Waals surface area contributed by atoms with Crippen LogP contribution in [0.2, 0.25) is 0 Å². The molecule has 3 amide bonds. The molecule has 4 N–H and O–H groups in total. The van der Waals surface area contributed by atoms with Crippen LogP contribution in [0.1, 0.15) is 75.3 Å². The number of fused-ring (bicyclic) bond motifs is 3. The van der Waals surface area contributed by atoms with Crippen LogP contribution in [0.4, 0.5) is 4.79 Å². The zero-order chi connectivity index (χ0) is 31.8. The van der Waals surface area contributed by atoms with Gasteiger partial charge in [0.1, 0.15) is 18.8 Å². The van der Waals surface area contributed by atoms with E-state index >= 15 is 0 Å². The minimum Gasteiger partial charge on any atom is -0.459 e. The number of nitrogens with one attached hydrogen (secondary N) is 3. The molecule has 240 valence electrons. The molecule has 0 radical (unpaired) electrons. The van der Waals surface area contributed by atoms with Crippen LogP contribution in [0.5, 0.6) is 0 Å². The largest absolute Gasteiger partial charge is 0.459 e. The topological polar surface area (TPSA) is 143 Å². The summed E-state index contributed by atoms with van der Waals surface area (Å²) in [6.07, 6.45) is 6.66. The Balaban J connectivity index is 1.18. The van der Waals surface area contributed by atoms with Gasteiger partial charge in [-0.1, -0.05) is 73.5 Å². The van der Waals surface area contributed by atoms with Crippen LogP contribution in [0.15, 0.2) is 60.7 Å². The standard InChI is InChI=1S/C35H43N3O7/c1-23-20-36-32(41)24(19-31(40)38-35(22-39)17-9-10-18-35)11-3-2-4-16-30(33(42)45-23)37-34(43)44-21-29-27-14-7-5-12-25(27)26-13-6-8-15-28(26)29/h2-3,5-8,12-15,23-24,29-30,39H,4,9-11,16-22H2,1H3,(H,36,41)(H,37,43)(H,38,40)/t23-,24+,30-/m0/s1. The molecule has 1 fully saturated rings. The molecular weight excluding hydrogens is 574 g/mol. The van der Waals surface area contributed by atoms with Crippen LogP contribution in [0.3, 0.4) is 0 Å². The molecule has 0 spiro atoms. The quantitative estimate of drug-likeness (QED) is 0.271. The monoisotopic (exact) mass is 617 g/mol. The van der Waals surface area contributed by atoms with E-state index in [0.29, 0.717) is 12.8 Å². The number of hydrogen-bond acceptors (Lipinski definition) is 7. The van der Waals surface area contributed by atoms with E-state index in [9.17, 15) is 24.3 Å². The molecule has 45 heavy (non-hydrogen) atoms. The minimum absolute atomic E-state index is 0.0158.